The molecule has 20 aliphatic carbocycles. The molecule has 0 spiro atoms. The van der Waals surface area contributed by atoms with Crippen molar-refractivity contribution in [1.82, 2.24) is 0 Å². The van der Waals surface area contributed by atoms with Crippen molar-refractivity contribution < 1.29 is 45.3 Å². The van der Waals surface area contributed by atoms with E-state index in [0.29, 0.717) is 35.5 Å². The maximum atomic E-state index is 13.1. The summed E-state index contributed by atoms with van der Waals surface area (Å²) in [6, 6.07) is 63.6. The fraction of sp³-hybridized carbons (Fsp3) is 0.600. The van der Waals surface area contributed by atoms with E-state index in [9.17, 15) is 9.59 Å². The highest BCUT2D eigenvalue weighted by Gasteiger charge is 2.72. The highest BCUT2D eigenvalue weighted by Crippen LogP contribution is 2.74. The van der Waals surface area contributed by atoms with Crippen molar-refractivity contribution in [3.8, 4) is 0 Å². The van der Waals surface area contributed by atoms with Crippen molar-refractivity contribution in [2.75, 3.05) is 54.7 Å². The van der Waals surface area contributed by atoms with E-state index in [1.165, 1.54) is 110 Å². The van der Waals surface area contributed by atoms with E-state index in [4.69, 9.17) is 35.7 Å². The summed E-state index contributed by atoms with van der Waals surface area (Å²) in [7, 11) is 7.00. The Morgan fingerprint density at radius 1 is 0.230 bits per heavy atom. The monoisotopic (exact) mass is 1840 g/mol. The van der Waals surface area contributed by atoms with Gasteiger partial charge in [0.05, 0.1) is 17.5 Å². The molecule has 1 heterocycles. The van der Waals surface area contributed by atoms with Crippen molar-refractivity contribution in [1.29, 1.82) is 0 Å². The van der Waals surface area contributed by atoms with Crippen molar-refractivity contribution >= 4 is 39.0 Å². The van der Waals surface area contributed by atoms with Gasteiger partial charge in [-0.1, -0.05) is 321 Å². The van der Waals surface area contributed by atoms with Crippen LogP contribution in [0.2, 0.25) is 0 Å². The van der Waals surface area contributed by atoms with Crippen molar-refractivity contribution in [3.63, 3.8) is 0 Å². The van der Waals surface area contributed by atoms with E-state index in [-0.39, 0.29) is 23.7 Å². The summed E-state index contributed by atoms with van der Waals surface area (Å²) in [6.07, 6.45) is 51.2. The molecule has 7 aromatic carbocycles. The van der Waals surface area contributed by atoms with E-state index < -0.39 is 0 Å². The number of aliphatic hydroxyl groups is 7. The number of amides is 2. The molecule has 7 aromatic rings. The van der Waals surface area contributed by atoms with E-state index >= 15 is 0 Å². The number of benzene rings is 7. The number of hydrogen-bond acceptors (Lipinski definition) is 9. The van der Waals surface area contributed by atoms with Crippen LogP contribution in [0.25, 0.3) is 21.5 Å². The highest BCUT2D eigenvalue weighted by atomic mass is 16.2. The van der Waals surface area contributed by atoms with Gasteiger partial charge in [0.25, 0.3) is 0 Å². The predicted molar refractivity (Wildman–Crippen MR) is 567 cm³/mol. The molecule has 36 atom stereocenters. The first kappa shape index (κ1) is 110. The van der Waals surface area contributed by atoms with E-state index in [2.05, 4.69) is 206 Å². The molecule has 2 amide bonds. The predicted octanol–water partition coefficient (Wildman–Crippen LogP) is 26.9. The molecule has 36 unspecified atom stereocenters. The summed E-state index contributed by atoms with van der Waals surface area (Å²) in [5, 5.41) is 54.7. The van der Waals surface area contributed by atoms with Gasteiger partial charge in [-0.05, 0) is 373 Å². The van der Waals surface area contributed by atoms with Gasteiger partial charge in [0.2, 0.25) is 11.8 Å². The molecule has 0 radical (unpaired) electrons. The molecule has 135 heavy (non-hydrogen) atoms. The summed E-state index contributed by atoms with van der Waals surface area (Å²) in [5.74, 6) is 32.1. The summed E-state index contributed by atoms with van der Waals surface area (Å²) >= 11 is 0. The van der Waals surface area contributed by atoms with Crippen LogP contribution in [0.5, 0.6) is 0 Å². The summed E-state index contributed by atoms with van der Waals surface area (Å²) < 4.78 is 0. The van der Waals surface area contributed by atoms with Gasteiger partial charge in [0.1, 0.15) is 0 Å². The summed E-state index contributed by atoms with van der Waals surface area (Å²) in [6.45, 7) is 28.0. The third-order valence-corrected chi connectivity index (χ3v) is 36.4. The average Bonchev–Trinajstić information content (AvgIpc) is 1.51. The number of allylic oxidation sites excluding steroid dienone is 10. The third-order valence-electron chi connectivity index (χ3n) is 36.4. The smallest absolute Gasteiger partial charge is 0.237 e. The zero-order valence-electron chi connectivity index (χ0n) is 86.9. The molecule has 740 valence electrons. The zero-order valence-corrected chi connectivity index (χ0v) is 86.9. The molecule has 28 rings (SSSR count). The SMILES string of the molecule is C1=CC2CC1C1C3CC(Cc4ccc5ccccc5c4)C(C3)C21.C1=CC2CC1C1C3CC(Cc4cccc5ccccc45)C(C3)C21.C1=CC2CC1C1C3CC(Cc4ccccc4)C(C3)C21.C1=CC2CC1C1C3CC(Cc4ccccc4)C(C3)C21.CC.CC.CC.CC.CC.CC.CC.CO.CO.CO.CO.CO.CO.CO.O=C1C2C3CC(C2C(=O)N1c1ccccc1)C1C2C=CC(C2)C31. The number of carbonyl (C=O) groups is 2. The highest BCUT2D eigenvalue weighted by molar-refractivity contribution is 6.22. The van der Waals surface area contributed by atoms with Gasteiger partial charge in [-0.2, -0.15) is 0 Å². The lowest BCUT2D eigenvalue weighted by molar-refractivity contribution is -0.123. The van der Waals surface area contributed by atoms with Gasteiger partial charge in [-0.25, -0.2) is 0 Å². The van der Waals surface area contributed by atoms with Crippen molar-refractivity contribution in [2.45, 2.75) is 213 Å². The average molecular weight is 1840 g/mol. The minimum atomic E-state index is -0.0401. The quantitative estimate of drug-likeness (QED) is 0.0421. The maximum absolute atomic E-state index is 13.1. The Labute approximate surface area is 818 Å². The number of fused-ring (bicyclic) bond motifs is 50. The van der Waals surface area contributed by atoms with Crippen LogP contribution >= 0.6 is 0 Å². The molecule has 0 aromatic heterocycles. The molecule has 10 nitrogen and oxygen atoms in total. The first-order chi connectivity index (χ1) is 66.8. The summed E-state index contributed by atoms with van der Waals surface area (Å²) in [4.78, 5) is 27.6. The topological polar surface area (TPSA) is 179 Å². The second-order valence-electron chi connectivity index (χ2n) is 40.2. The zero-order chi connectivity index (χ0) is 98.0. The van der Waals surface area contributed by atoms with Gasteiger partial charge in [0.15, 0.2) is 0 Å². The number of aliphatic hydroxyl groups excluding tert-OH is 7. The third kappa shape index (κ3) is 21.5. The van der Waals surface area contributed by atoms with Gasteiger partial charge in [0, 0.05) is 49.8 Å². The first-order valence-electron chi connectivity index (χ1n) is 54.3. The Balaban J connectivity index is 0.000000164. The number of hydrogen-bond donors (Lipinski definition) is 7. The van der Waals surface area contributed by atoms with Crippen molar-refractivity contribution in [2.24, 2.45) is 213 Å². The minimum absolute atomic E-state index is 0.0401. The van der Waals surface area contributed by atoms with E-state index in [1.807, 2.05) is 127 Å². The van der Waals surface area contributed by atoms with Gasteiger partial charge in [-0.15, -0.1) is 0 Å². The van der Waals surface area contributed by atoms with Crippen LogP contribution in [0, 0.1) is 213 Å². The molecule has 1 saturated heterocycles. The fourth-order valence-electron chi connectivity index (χ4n) is 33.8. The number of carbonyl (C=O) groups excluding carboxylic acids is 2. The maximum Gasteiger partial charge on any atom is 0.237 e. The second kappa shape index (κ2) is 53.3. The Hall–Kier alpha value is -7.38. The standard InChI is InChI=1S/2C23H24.C20H19NO2.2C19H22.7C2H6.7CH4O/c1-2-7-20-14(4-1)5-3-6-15(20)10-18-12-19-13-21(18)23-17-9-8-16(11-17)22(19)23;1-2-4-16-9-14(5-6-15(16)3-1)10-19-12-20-13-21(19)23-18-8-7-17(11-18)22(20)23;22-19-17-13-9-14(16-11-7-6-10(8-11)15(13)16)18(17)20(23)21(19)12-4-2-1-3-5-12;2*1-2-4-12(5-3-1)8-15-10-16-11-17(15)19-14-7-6-13(9-14)18(16)19;14*1-2/h1-9,16-19,21-23H,10-13H2;1-9,17-23H,10-13H2;1-7,10-11,13-18H,8-9H2;2*1-7,13-19H,8-11H2;7*1-2H3;7*2H,1H3. The second-order valence-corrected chi connectivity index (χ2v) is 40.2. The molecular weight excluding hydrogens is 1660 g/mol. The van der Waals surface area contributed by atoms with E-state index in [0.717, 1.165) is 228 Å². The Kier molecular flexibility index (Phi) is 43.3. The number of imide groups is 1. The fourth-order valence-corrected chi connectivity index (χ4v) is 33.8. The number of anilines is 1. The van der Waals surface area contributed by atoms with Crippen LogP contribution < -0.4 is 4.90 Å². The minimum Gasteiger partial charge on any atom is -0.400 e. The lowest BCUT2D eigenvalue weighted by atomic mass is 9.65. The van der Waals surface area contributed by atoms with Crippen LogP contribution in [-0.2, 0) is 35.3 Å². The molecule has 20 bridgehead atoms. The molecular formula is C125H181NO9. The number of nitrogens with zero attached hydrogens (tertiary/aromatic N) is 1. The molecule has 7 N–H and O–H groups in total. The normalized spacial score (nSPS) is 37.2. The molecule has 10 heteroatoms. The number of para-hydroxylation sites is 1. The van der Waals surface area contributed by atoms with Crippen molar-refractivity contribution in [3.05, 3.63) is 259 Å². The van der Waals surface area contributed by atoms with E-state index in [1.54, 1.807) is 47.9 Å². The van der Waals surface area contributed by atoms with Gasteiger partial charge in [-0.3, -0.25) is 14.5 Å². The Bertz CT molecular complexity index is 4650. The number of rotatable bonds is 9. The molecule has 21 aliphatic rings. The Morgan fingerprint density at radius 3 is 0.837 bits per heavy atom. The lowest BCUT2D eigenvalue weighted by Gasteiger charge is -2.37. The molecule has 15 saturated carbocycles. The van der Waals surface area contributed by atoms with Crippen LogP contribution in [0.3, 0.4) is 0 Å². The molecule has 16 fully saturated rings. The van der Waals surface area contributed by atoms with Crippen LogP contribution in [-0.4, -0.2) is 97.3 Å². The Morgan fingerprint density at radius 2 is 0.496 bits per heavy atom. The largest absolute Gasteiger partial charge is 0.400 e. The van der Waals surface area contributed by atoms with Crippen LogP contribution in [0.15, 0.2) is 237 Å². The summed E-state index contributed by atoms with van der Waals surface area (Å²) in [5.41, 5.74) is 7.04. The van der Waals surface area contributed by atoms with Crippen LogP contribution in [0.4, 0.5) is 5.69 Å². The molecule has 1 aliphatic heterocycles. The van der Waals surface area contributed by atoms with Crippen LogP contribution in [0.1, 0.15) is 209 Å². The first-order valence-corrected chi connectivity index (χ1v) is 54.3. The van der Waals surface area contributed by atoms with Gasteiger partial charge >= 0.3 is 0 Å². The lowest BCUT2D eigenvalue weighted by Crippen LogP contribution is -2.38. The van der Waals surface area contributed by atoms with Gasteiger partial charge < -0.3 is 35.7 Å².